The molecule has 3 aromatic rings. The normalized spacial score (nSPS) is 14.3. The van der Waals surface area contributed by atoms with Crippen LogP contribution in [0.3, 0.4) is 0 Å². The molecule has 13 heteroatoms. The number of benzene rings is 2. The molecule has 1 atom stereocenters. The molecule has 0 bridgehead atoms. The molecule has 1 saturated carbocycles. The fourth-order valence-electron chi connectivity index (χ4n) is 4.18. The van der Waals surface area contributed by atoms with E-state index in [4.69, 9.17) is 0 Å². The minimum Gasteiger partial charge on any atom is -0.406 e. The highest BCUT2D eigenvalue weighted by Crippen LogP contribution is 2.36. The predicted molar refractivity (Wildman–Crippen MR) is 140 cm³/mol. The van der Waals surface area contributed by atoms with Gasteiger partial charge in [-0.3, -0.25) is 24.2 Å². The summed E-state index contributed by atoms with van der Waals surface area (Å²) in [5.41, 5.74) is -0.604. The number of alkyl halides is 3. The number of Topliss-reactive ketones (excluding diaryl/α,β-unsaturated/α-hetero) is 1. The molecule has 1 heterocycles. The van der Waals surface area contributed by atoms with Gasteiger partial charge in [0.2, 0.25) is 17.6 Å². The van der Waals surface area contributed by atoms with E-state index in [1.165, 1.54) is 6.20 Å². The average molecular weight is 587 g/mol. The molecule has 0 aliphatic heterocycles. The second-order valence-electron chi connectivity index (χ2n) is 9.69. The van der Waals surface area contributed by atoms with E-state index in [0.717, 1.165) is 18.2 Å². The number of amides is 3. The Kier molecular flexibility index (Phi) is 9.18. The van der Waals surface area contributed by atoms with Crippen molar-refractivity contribution in [3.8, 4) is 5.75 Å². The monoisotopic (exact) mass is 586 g/mol. The summed E-state index contributed by atoms with van der Waals surface area (Å²) in [4.78, 5) is 55.9. The first kappa shape index (κ1) is 30.2. The molecule has 1 fully saturated rings. The van der Waals surface area contributed by atoms with Gasteiger partial charge in [0.1, 0.15) is 23.1 Å². The van der Waals surface area contributed by atoms with Gasteiger partial charge in [0.15, 0.2) is 0 Å². The van der Waals surface area contributed by atoms with Crippen molar-refractivity contribution in [2.24, 2.45) is 0 Å². The van der Waals surface area contributed by atoms with Gasteiger partial charge in [0.05, 0.1) is 18.7 Å². The van der Waals surface area contributed by atoms with Gasteiger partial charge in [-0.05, 0) is 48.7 Å². The lowest BCUT2D eigenvalue weighted by Gasteiger charge is -2.22. The first-order chi connectivity index (χ1) is 19.9. The maximum Gasteiger partial charge on any atom is 0.573 e. The number of pyridine rings is 1. The molecule has 42 heavy (non-hydrogen) atoms. The number of rotatable bonds is 12. The largest absolute Gasteiger partial charge is 0.573 e. The van der Waals surface area contributed by atoms with Crippen LogP contribution in [0.5, 0.6) is 5.75 Å². The van der Waals surface area contributed by atoms with Crippen LogP contribution in [0.15, 0.2) is 72.9 Å². The molecule has 1 aliphatic rings. The smallest absolute Gasteiger partial charge is 0.406 e. The van der Waals surface area contributed by atoms with Crippen LogP contribution >= 0.6 is 0 Å². The van der Waals surface area contributed by atoms with Crippen LogP contribution in [0.2, 0.25) is 0 Å². The van der Waals surface area contributed by atoms with Crippen molar-refractivity contribution in [1.82, 2.24) is 20.9 Å². The molecule has 0 radical (unpaired) electrons. The third-order valence-electron chi connectivity index (χ3n) is 6.45. The summed E-state index contributed by atoms with van der Waals surface area (Å²) in [7, 11) is 0. The maximum absolute atomic E-state index is 14.2. The lowest BCUT2D eigenvalue weighted by atomic mass is 10.0. The Morgan fingerprint density at radius 1 is 0.976 bits per heavy atom. The standard InChI is InChI=1S/C29H26F4N4O5/c30-22-10-9-21(42-29(31,32)33)15-19(22)16-24(38)37-28(11-12-28)27(41)36-23(14-18-6-2-1-3-7-18)25(39)26(40)35-17-20-8-4-5-13-34-20/h1-10,13,15,23H,11-12,14,16-17H2,(H,35,40)(H,36,41)(H,37,38)/t23-/m1/s1. The molecular weight excluding hydrogens is 560 g/mol. The van der Waals surface area contributed by atoms with Gasteiger partial charge in [-0.1, -0.05) is 36.4 Å². The van der Waals surface area contributed by atoms with E-state index in [0.29, 0.717) is 11.3 Å². The van der Waals surface area contributed by atoms with Gasteiger partial charge in [0.25, 0.3) is 5.91 Å². The van der Waals surface area contributed by atoms with Crippen molar-refractivity contribution in [3.63, 3.8) is 0 Å². The molecule has 0 spiro atoms. The number of ether oxygens (including phenoxy) is 1. The fourth-order valence-corrected chi connectivity index (χ4v) is 4.18. The van der Waals surface area contributed by atoms with Crippen LogP contribution in [0, 0.1) is 5.82 Å². The maximum atomic E-state index is 14.2. The molecule has 1 aromatic heterocycles. The Hall–Kier alpha value is -4.81. The Bertz CT molecular complexity index is 1450. The second kappa shape index (κ2) is 12.8. The van der Waals surface area contributed by atoms with Gasteiger partial charge in [-0.25, -0.2) is 4.39 Å². The Labute approximate surface area is 237 Å². The van der Waals surface area contributed by atoms with Crippen molar-refractivity contribution in [2.45, 2.75) is 50.2 Å². The highest BCUT2D eigenvalue weighted by atomic mass is 19.4. The van der Waals surface area contributed by atoms with Crippen molar-refractivity contribution in [2.75, 3.05) is 0 Å². The fraction of sp³-hybridized carbons (Fsp3) is 0.276. The summed E-state index contributed by atoms with van der Waals surface area (Å²) in [5.74, 6) is -5.03. The molecule has 220 valence electrons. The molecule has 3 amide bonds. The minimum atomic E-state index is -5.00. The summed E-state index contributed by atoms with van der Waals surface area (Å²) >= 11 is 0. The number of carbonyl (C=O) groups is 4. The number of hydrogen-bond donors (Lipinski definition) is 3. The van der Waals surface area contributed by atoms with Crippen LogP contribution in [0.25, 0.3) is 0 Å². The van der Waals surface area contributed by atoms with Gasteiger partial charge in [0, 0.05) is 18.2 Å². The van der Waals surface area contributed by atoms with Crippen LogP contribution in [-0.4, -0.2) is 46.4 Å². The van der Waals surface area contributed by atoms with E-state index in [-0.39, 0.29) is 31.4 Å². The van der Waals surface area contributed by atoms with Crippen molar-refractivity contribution in [1.29, 1.82) is 0 Å². The quantitative estimate of drug-likeness (QED) is 0.221. The third-order valence-corrected chi connectivity index (χ3v) is 6.45. The summed E-state index contributed by atoms with van der Waals surface area (Å²) < 4.78 is 55.6. The van der Waals surface area contributed by atoms with Crippen LogP contribution in [-0.2, 0) is 38.6 Å². The van der Waals surface area contributed by atoms with Crippen molar-refractivity contribution >= 4 is 23.5 Å². The Balaban J connectivity index is 1.42. The van der Waals surface area contributed by atoms with Gasteiger partial charge >= 0.3 is 6.36 Å². The molecular formula is C29H26F4N4O5. The topological polar surface area (TPSA) is 126 Å². The highest BCUT2D eigenvalue weighted by molar-refractivity contribution is 6.38. The van der Waals surface area contributed by atoms with E-state index in [2.05, 4.69) is 25.7 Å². The third kappa shape index (κ3) is 8.35. The summed E-state index contributed by atoms with van der Waals surface area (Å²) in [6.45, 7) is -0.0107. The lowest BCUT2D eigenvalue weighted by Crippen LogP contribution is -2.56. The number of carbonyl (C=O) groups excluding carboxylic acids is 4. The highest BCUT2D eigenvalue weighted by Gasteiger charge is 2.52. The molecule has 0 unspecified atom stereocenters. The first-order valence-corrected chi connectivity index (χ1v) is 12.9. The first-order valence-electron chi connectivity index (χ1n) is 12.9. The number of hydrogen-bond acceptors (Lipinski definition) is 6. The predicted octanol–water partition coefficient (Wildman–Crippen LogP) is 2.92. The second-order valence-corrected chi connectivity index (χ2v) is 9.69. The van der Waals surface area contributed by atoms with Gasteiger partial charge in [-0.2, -0.15) is 0 Å². The number of aromatic nitrogens is 1. The molecule has 4 rings (SSSR count). The van der Waals surface area contributed by atoms with Crippen LogP contribution in [0.1, 0.15) is 29.7 Å². The zero-order valence-electron chi connectivity index (χ0n) is 22.0. The molecule has 0 saturated heterocycles. The van der Waals surface area contributed by atoms with E-state index < -0.39 is 59.4 Å². The summed E-state index contributed by atoms with van der Waals surface area (Å²) in [5, 5.41) is 7.55. The van der Waals surface area contributed by atoms with E-state index >= 15 is 0 Å². The summed E-state index contributed by atoms with van der Waals surface area (Å²) in [6.07, 6.45) is -3.75. The number of ketones is 1. The van der Waals surface area contributed by atoms with E-state index in [1.807, 2.05) is 0 Å². The van der Waals surface area contributed by atoms with E-state index in [1.54, 1.807) is 48.5 Å². The number of halogens is 4. The SMILES string of the molecule is O=C(Cc1cc(OC(F)(F)F)ccc1F)NC1(C(=O)N[C@H](Cc2ccccc2)C(=O)C(=O)NCc2ccccn2)CC1. The van der Waals surface area contributed by atoms with E-state index in [9.17, 15) is 36.7 Å². The summed E-state index contributed by atoms with van der Waals surface area (Å²) in [6, 6.07) is 14.7. The van der Waals surface area contributed by atoms with Crippen LogP contribution < -0.4 is 20.7 Å². The minimum absolute atomic E-state index is 0.0103. The Morgan fingerprint density at radius 2 is 1.69 bits per heavy atom. The molecule has 9 nitrogen and oxygen atoms in total. The van der Waals surface area contributed by atoms with Crippen molar-refractivity contribution < 1.29 is 41.5 Å². The number of nitrogens with one attached hydrogen (secondary N) is 3. The zero-order chi connectivity index (χ0) is 30.3. The van der Waals surface area contributed by atoms with Crippen LogP contribution in [0.4, 0.5) is 17.6 Å². The zero-order valence-corrected chi connectivity index (χ0v) is 22.0. The van der Waals surface area contributed by atoms with Crippen molar-refractivity contribution in [3.05, 3.63) is 95.6 Å². The Morgan fingerprint density at radius 3 is 2.33 bits per heavy atom. The molecule has 1 aliphatic carbocycles. The van der Waals surface area contributed by atoms with Gasteiger partial charge < -0.3 is 20.7 Å². The average Bonchev–Trinajstić information content (AvgIpc) is 3.73. The number of nitrogens with zero attached hydrogens (tertiary/aromatic N) is 1. The van der Waals surface area contributed by atoms with Gasteiger partial charge in [-0.15, -0.1) is 13.2 Å². The molecule has 3 N–H and O–H groups in total. The molecule has 2 aromatic carbocycles. The lowest BCUT2D eigenvalue weighted by molar-refractivity contribution is -0.274.